The summed E-state index contributed by atoms with van der Waals surface area (Å²) in [6, 6.07) is 0. The summed E-state index contributed by atoms with van der Waals surface area (Å²) < 4.78 is 2.11. The van der Waals surface area contributed by atoms with Gasteiger partial charge in [0.25, 0.3) is 0 Å². The fourth-order valence-electron chi connectivity index (χ4n) is 3.39. The van der Waals surface area contributed by atoms with Crippen LogP contribution < -0.4 is 4.90 Å². The molecule has 0 amide bonds. The van der Waals surface area contributed by atoms with E-state index in [1.807, 2.05) is 6.92 Å². The number of hydrogen-bond donors (Lipinski definition) is 0. The largest absolute Gasteiger partial charge is 0.340 e. The number of aromatic nitrogens is 3. The van der Waals surface area contributed by atoms with Gasteiger partial charge in [-0.25, -0.2) is 0 Å². The highest BCUT2D eigenvalue weighted by molar-refractivity contribution is 5.33. The van der Waals surface area contributed by atoms with Gasteiger partial charge in [0, 0.05) is 20.1 Å². The molecule has 1 aromatic rings. The van der Waals surface area contributed by atoms with Crippen molar-refractivity contribution in [1.29, 1.82) is 0 Å². The molecule has 0 radical (unpaired) electrons. The molecule has 0 aromatic carbocycles. The number of hydrogen-bond acceptors (Lipinski definition) is 3. The molecule has 0 bridgehead atoms. The Bertz CT molecular complexity index is 419. The van der Waals surface area contributed by atoms with E-state index in [-0.39, 0.29) is 0 Å². The normalized spacial score (nSPS) is 27.2. The summed E-state index contributed by atoms with van der Waals surface area (Å²) in [5, 5.41) is 8.50. The first-order valence-electron chi connectivity index (χ1n) is 6.73. The summed E-state index contributed by atoms with van der Waals surface area (Å²) >= 11 is 0. The van der Waals surface area contributed by atoms with E-state index in [1.54, 1.807) is 0 Å². The van der Waals surface area contributed by atoms with Crippen molar-refractivity contribution in [3.05, 3.63) is 5.82 Å². The Morgan fingerprint density at radius 2 is 2.06 bits per heavy atom. The number of rotatable bonds is 1. The minimum atomic E-state index is 0.581. The Morgan fingerprint density at radius 1 is 1.29 bits per heavy atom. The van der Waals surface area contributed by atoms with Crippen LogP contribution in [0.3, 0.4) is 0 Å². The topological polar surface area (TPSA) is 34.0 Å². The van der Waals surface area contributed by atoms with Crippen molar-refractivity contribution >= 4 is 5.95 Å². The third-order valence-electron chi connectivity index (χ3n) is 5.08. The van der Waals surface area contributed by atoms with E-state index < -0.39 is 0 Å². The molecular formula is C13H22N4. The average molecular weight is 234 g/mol. The molecule has 1 unspecified atom stereocenters. The zero-order valence-corrected chi connectivity index (χ0v) is 11.1. The molecule has 2 aliphatic rings. The van der Waals surface area contributed by atoms with Crippen LogP contribution in [-0.2, 0) is 7.05 Å². The first kappa shape index (κ1) is 11.1. The molecule has 1 aliphatic heterocycles. The van der Waals surface area contributed by atoms with E-state index in [4.69, 9.17) is 0 Å². The quantitative estimate of drug-likeness (QED) is 0.746. The van der Waals surface area contributed by atoms with Gasteiger partial charge in [-0.05, 0) is 37.5 Å². The second kappa shape index (κ2) is 3.72. The molecule has 3 rings (SSSR count). The maximum absolute atomic E-state index is 4.33. The molecule has 0 N–H and O–H groups in total. The zero-order chi connectivity index (χ0) is 12.0. The van der Waals surface area contributed by atoms with Crippen molar-refractivity contribution in [2.75, 3.05) is 18.0 Å². The summed E-state index contributed by atoms with van der Waals surface area (Å²) in [6.07, 6.45) is 5.52. The van der Waals surface area contributed by atoms with Crippen LogP contribution in [-0.4, -0.2) is 27.9 Å². The predicted molar refractivity (Wildman–Crippen MR) is 68.0 cm³/mol. The highest BCUT2D eigenvalue weighted by Crippen LogP contribution is 2.51. The molecule has 1 spiro atoms. The highest BCUT2D eigenvalue weighted by atomic mass is 15.4. The van der Waals surface area contributed by atoms with Crippen LogP contribution in [0.1, 0.15) is 38.4 Å². The molecular weight excluding hydrogens is 212 g/mol. The lowest BCUT2D eigenvalue weighted by molar-refractivity contribution is 0.0440. The Morgan fingerprint density at radius 3 is 2.59 bits per heavy atom. The van der Waals surface area contributed by atoms with Gasteiger partial charge in [0.15, 0.2) is 0 Å². The van der Waals surface area contributed by atoms with Gasteiger partial charge in [0.05, 0.1) is 0 Å². The van der Waals surface area contributed by atoms with Crippen LogP contribution >= 0.6 is 0 Å². The van der Waals surface area contributed by atoms with E-state index in [0.29, 0.717) is 5.41 Å². The SMILES string of the molecule is Cc1nnc(N2CCC(C)C3(CCC3)C2)n1C. The maximum atomic E-state index is 4.33. The van der Waals surface area contributed by atoms with Crippen LogP contribution in [0.25, 0.3) is 0 Å². The van der Waals surface area contributed by atoms with E-state index in [9.17, 15) is 0 Å². The smallest absolute Gasteiger partial charge is 0.226 e. The van der Waals surface area contributed by atoms with Crippen molar-refractivity contribution < 1.29 is 0 Å². The summed E-state index contributed by atoms with van der Waals surface area (Å²) in [5.74, 6) is 2.93. The molecule has 94 valence electrons. The van der Waals surface area contributed by atoms with Crippen molar-refractivity contribution in [3.8, 4) is 0 Å². The molecule has 1 saturated heterocycles. The van der Waals surface area contributed by atoms with Crippen molar-refractivity contribution in [1.82, 2.24) is 14.8 Å². The lowest BCUT2D eigenvalue weighted by Gasteiger charge is -2.53. The molecule has 17 heavy (non-hydrogen) atoms. The molecule has 4 heteroatoms. The summed E-state index contributed by atoms with van der Waals surface area (Å²) in [4.78, 5) is 2.44. The molecule has 2 fully saturated rings. The second-order valence-electron chi connectivity index (χ2n) is 5.93. The van der Waals surface area contributed by atoms with Crippen molar-refractivity contribution in [3.63, 3.8) is 0 Å². The van der Waals surface area contributed by atoms with E-state index in [2.05, 4.69) is 33.6 Å². The number of aryl methyl sites for hydroxylation is 1. The van der Waals surface area contributed by atoms with Gasteiger partial charge in [0.1, 0.15) is 5.82 Å². The fourth-order valence-corrected chi connectivity index (χ4v) is 3.39. The Balaban J connectivity index is 1.83. The lowest BCUT2D eigenvalue weighted by atomic mass is 9.59. The minimum absolute atomic E-state index is 0.581. The fraction of sp³-hybridized carbons (Fsp3) is 0.846. The van der Waals surface area contributed by atoms with Gasteiger partial charge in [-0.3, -0.25) is 0 Å². The monoisotopic (exact) mass is 234 g/mol. The van der Waals surface area contributed by atoms with Gasteiger partial charge < -0.3 is 9.47 Å². The average Bonchev–Trinajstić information content (AvgIpc) is 2.59. The molecule has 4 nitrogen and oxygen atoms in total. The first-order valence-corrected chi connectivity index (χ1v) is 6.73. The van der Waals surface area contributed by atoms with E-state index >= 15 is 0 Å². The maximum Gasteiger partial charge on any atom is 0.226 e. The number of nitrogens with zero attached hydrogens (tertiary/aromatic N) is 4. The van der Waals surface area contributed by atoms with Gasteiger partial charge in [0.2, 0.25) is 5.95 Å². The zero-order valence-electron chi connectivity index (χ0n) is 11.1. The molecule has 1 atom stereocenters. The summed E-state index contributed by atoms with van der Waals surface area (Å²) in [6.45, 7) is 6.76. The van der Waals surface area contributed by atoms with E-state index in [0.717, 1.165) is 24.2 Å². The first-order chi connectivity index (χ1) is 8.12. The summed E-state index contributed by atoms with van der Waals surface area (Å²) in [7, 11) is 2.07. The third-order valence-corrected chi connectivity index (χ3v) is 5.08. The third kappa shape index (κ3) is 1.57. The Labute approximate surface area is 103 Å². The van der Waals surface area contributed by atoms with Crippen molar-refractivity contribution in [2.24, 2.45) is 18.4 Å². The second-order valence-corrected chi connectivity index (χ2v) is 5.93. The van der Waals surface area contributed by atoms with Gasteiger partial charge >= 0.3 is 0 Å². The van der Waals surface area contributed by atoms with Crippen LogP contribution in [0.5, 0.6) is 0 Å². The standard InChI is InChI=1S/C13H22N4/c1-10-5-8-17(9-13(10)6-4-7-13)12-15-14-11(2)16(12)3/h10H,4-9H2,1-3H3. The van der Waals surface area contributed by atoms with E-state index in [1.165, 1.54) is 32.2 Å². The molecule has 1 saturated carbocycles. The minimum Gasteiger partial charge on any atom is -0.340 e. The highest BCUT2D eigenvalue weighted by Gasteiger charge is 2.46. The van der Waals surface area contributed by atoms with Gasteiger partial charge in [-0.1, -0.05) is 13.3 Å². The Kier molecular flexibility index (Phi) is 2.42. The summed E-state index contributed by atoms with van der Waals surface area (Å²) in [5.41, 5.74) is 0.581. The number of anilines is 1. The lowest BCUT2D eigenvalue weighted by Crippen LogP contribution is -2.52. The predicted octanol–water partition coefficient (Wildman–Crippen LogP) is 2.14. The number of piperidine rings is 1. The van der Waals surface area contributed by atoms with Crippen molar-refractivity contribution in [2.45, 2.75) is 39.5 Å². The van der Waals surface area contributed by atoms with Gasteiger partial charge in [-0.15, -0.1) is 10.2 Å². The van der Waals surface area contributed by atoms with Crippen LogP contribution in [0.2, 0.25) is 0 Å². The molecule has 1 aromatic heterocycles. The Hall–Kier alpha value is -1.06. The molecule has 1 aliphatic carbocycles. The van der Waals surface area contributed by atoms with Gasteiger partial charge in [-0.2, -0.15) is 0 Å². The molecule has 2 heterocycles. The van der Waals surface area contributed by atoms with Crippen LogP contribution in [0.15, 0.2) is 0 Å². The van der Waals surface area contributed by atoms with Crippen LogP contribution in [0.4, 0.5) is 5.95 Å². The van der Waals surface area contributed by atoms with Crippen LogP contribution in [0, 0.1) is 18.3 Å².